The lowest BCUT2D eigenvalue weighted by Gasteiger charge is -2.26. The Labute approximate surface area is 146 Å². The number of halogens is 2. The smallest absolute Gasteiger partial charge is 0.326 e. The van der Waals surface area contributed by atoms with E-state index in [9.17, 15) is 18.4 Å². The Morgan fingerprint density at radius 3 is 2.20 bits per heavy atom. The van der Waals surface area contributed by atoms with Crippen LogP contribution in [0.3, 0.4) is 0 Å². The molecule has 5 nitrogen and oxygen atoms in total. The standard InChI is InChI=1S/C18H25F2NO4/c1-11(2)10-25-13-7-5-12(6-8-13)18(3,4)17(24)21-14(16(22)23)9-15(19)20/h5-8,11,14-15H,9-10H2,1-4H3,(H,21,24)(H,22,23). The number of amides is 1. The fourth-order valence-corrected chi connectivity index (χ4v) is 2.10. The molecular formula is C18H25F2NO4. The molecule has 7 heteroatoms. The molecule has 0 spiro atoms. The van der Waals surface area contributed by atoms with Crippen molar-refractivity contribution in [2.24, 2.45) is 5.92 Å². The first-order valence-electron chi connectivity index (χ1n) is 8.09. The summed E-state index contributed by atoms with van der Waals surface area (Å²) in [5.41, 5.74) is -0.449. The maximum atomic E-state index is 12.5. The number of aliphatic carboxylic acids is 1. The number of alkyl halides is 2. The van der Waals surface area contributed by atoms with Gasteiger partial charge in [0.05, 0.1) is 12.0 Å². The molecule has 1 rings (SSSR count). The summed E-state index contributed by atoms with van der Waals surface area (Å²) in [5, 5.41) is 11.2. The summed E-state index contributed by atoms with van der Waals surface area (Å²) in [6.07, 6.45) is -3.75. The van der Waals surface area contributed by atoms with Crippen LogP contribution in [0.2, 0.25) is 0 Å². The second-order valence-electron chi connectivity index (χ2n) is 6.85. The predicted molar refractivity (Wildman–Crippen MR) is 90.0 cm³/mol. The molecule has 0 aliphatic heterocycles. The van der Waals surface area contributed by atoms with Gasteiger partial charge in [-0.3, -0.25) is 4.79 Å². The van der Waals surface area contributed by atoms with E-state index in [0.717, 1.165) is 0 Å². The Morgan fingerprint density at radius 1 is 1.20 bits per heavy atom. The molecule has 0 radical (unpaired) electrons. The van der Waals surface area contributed by atoms with E-state index in [1.165, 1.54) is 0 Å². The van der Waals surface area contributed by atoms with Crippen LogP contribution in [0.4, 0.5) is 8.78 Å². The number of nitrogens with one attached hydrogen (secondary N) is 1. The van der Waals surface area contributed by atoms with E-state index >= 15 is 0 Å². The monoisotopic (exact) mass is 357 g/mol. The van der Waals surface area contributed by atoms with E-state index in [1.54, 1.807) is 38.1 Å². The molecule has 0 heterocycles. The molecule has 1 atom stereocenters. The largest absolute Gasteiger partial charge is 0.493 e. The fourth-order valence-electron chi connectivity index (χ4n) is 2.10. The van der Waals surface area contributed by atoms with Crippen LogP contribution in [0.15, 0.2) is 24.3 Å². The third-order valence-electron chi connectivity index (χ3n) is 3.74. The molecular weight excluding hydrogens is 332 g/mol. The van der Waals surface area contributed by atoms with Gasteiger partial charge in [0, 0.05) is 6.42 Å². The molecule has 0 aliphatic rings. The van der Waals surface area contributed by atoms with Gasteiger partial charge in [0.25, 0.3) is 0 Å². The molecule has 1 aromatic carbocycles. The first-order valence-corrected chi connectivity index (χ1v) is 8.09. The van der Waals surface area contributed by atoms with Gasteiger partial charge in [-0.2, -0.15) is 0 Å². The van der Waals surface area contributed by atoms with Crippen LogP contribution in [-0.4, -0.2) is 36.1 Å². The highest BCUT2D eigenvalue weighted by atomic mass is 19.3. The number of carboxylic acids is 1. The van der Waals surface area contributed by atoms with Crippen molar-refractivity contribution in [3.63, 3.8) is 0 Å². The molecule has 0 bridgehead atoms. The van der Waals surface area contributed by atoms with Gasteiger partial charge in [-0.05, 0) is 37.5 Å². The van der Waals surface area contributed by atoms with Crippen LogP contribution < -0.4 is 10.1 Å². The predicted octanol–water partition coefficient (Wildman–Crippen LogP) is 3.22. The quantitative estimate of drug-likeness (QED) is 0.711. The van der Waals surface area contributed by atoms with E-state index in [0.29, 0.717) is 23.8 Å². The van der Waals surface area contributed by atoms with E-state index in [2.05, 4.69) is 5.32 Å². The molecule has 0 saturated heterocycles. The summed E-state index contributed by atoms with van der Waals surface area (Å²) in [4.78, 5) is 23.5. The minimum Gasteiger partial charge on any atom is -0.493 e. The number of carbonyl (C=O) groups excluding carboxylic acids is 1. The lowest BCUT2D eigenvalue weighted by molar-refractivity contribution is -0.143. The molecule has 2 N–H and O–H groups in total. The average Bonchev–Trinajstić information content (AvgIpc) is 2.52. The van der Waals surface area contributed by atoms with Crippen LogP contribution in [0.5, 0.6) is 5.75 Å². The van der Waals surface area contributed by atoms with Crippen LogP contribution in [0, 0.1) is 5.92 Å². The Balaban J connectivity index is 2.84. The van der Waals surface area contributed by atoms with E-state index < -0.39 is 36.2 Å². The zero-order chi connectivity index (χ0) is 19.2. The molecule has 1 aromatic rings. The molecule has 0 fully saturated rings. The number of ether oxygens (including phenoxy) is 1. The van der Waals surface area contributed by atoms with Crippen molar-refractivity contribution in [3.8, 4) is 5.75 Å². The highest BCUT2D eigenvalue weighted by Crippen LogP contribution is 2.26. The Hall–Kier alpha value is -2.18. The number of hydrogen-bond donors (Lipinski definition) is 2. The first kappa shape index (κ1) is 20.9. The van der Waals surface area contributed by atoms with Crippen molar-refractivity contribution >= 4 is 11.9 Å². The average molecular weight is 357 g/mol. The number of carboxylic acid groups (broad SMARTS) is 1. The highest BCUT2D eigenvalue weighted by Gasteiger charge is 2.34. The number of carbonyl (C=O) groups is 2. The van der Waals surface area contributed by atoms with Crippen molar-refractivity contribution in [3.05, 3.63) is 29.8 Å². The topological polar surface area (TPSA) is 75.6 Å². The van der Waals surface area contributed by atoms with Crippen molar-refractivity contribution < 1.29 is 28.2 Å². The Bertz CT molecular complexity index is 585. The maximum Gasteiger partial charge on any atom is 0.326 e. The lowest BCUT2D eigenvalue weighted by atomic mass is 9.83. The van der Waals surface area contributed by atoms with Crippen molar-refractivity contribution in [1.29, 1.82) is 0 Å². The summed E-state index contributed by atoms with van der Waals surface area (Å²) >= 11 is 0. The second kappa shape index (κ2) is 8.78. The molecule has 1 amide bonds. The normalized spacial score (nSPS) is 13.0. The zero-order valence-electron chi connectivity index (χ0n) is 14.9. The van der Waals surface area contributed by atoms with Gasteiger partial charge in [0.1, 0.15) is 11.8 Å². The van der Waals surface area contributed by atoms with Gasteiger partial charge in [0.15, 0.2) is 0 Å². The number of hydrogen-bond acceptors (Lipinski definition) is 3. The third kappa shape index (κ3) is 6.32. The van der Waals surface area contributed by atoms with Crippen LogP contribution >= 0.6 is 0 Å². The summed E-state index contributed by atoms with van der Waals surface area (Å²) in [5.74, 6) is -1.07. The van der Waals surface area contributed by atoms with E-state index in [1.807, 2.05) is 13.8 Å². The summed E-state index contributed by atoms with van der Waals surface area (Å²) in [6.45, 7) is 7.83. The molecule has 140 valence electrons. The Morgan fingerprint density at radius 2 is 1.76 bits per heavy atom. The van der Waals surface area contributed by atoms with E-state index in [4.69, 9.17) is 9.84 Å². The highest BCUT2D eigenvalue weighted by molar-refractivity contribution is 5.90. The first-order chi connectivity index (χ1) is 11.5. The van der Waals surface area contributed by atoms with Gasteiger partial charge in [-0.1, -0.05) is 26.0 Å². The van der Waals surface area contributed by atoms with Gasteiger partial charge < -0.3 is 15.2 Å². The van der Waals surface area contributed by atoms with Gasteiger partial charge >= 0.3 is 5.97 Å². The third-order valence-corrected chi connectivity index (χ3v) is 3.74. The molecule has 0 saturated carbocycles. The van der Waals surface area contributed by atoms with Crippen molar-refractivity contribution in [2.75, 3.05) is 6.61 Å². The van der Waals surface area contributed by atoms with Gasteiger partial charge in [-0.15, -0.1) is 0 Å². The maximum absolute atomic E-state index is 12.5. The summed E-state index contributed by atoms with van der Waals surface area (Å²) in [7, 11) is 0. The Kier molecular flexibility index (Phi) is 7.33. The molecule has 1 unspecified atom stereocenters. The second-order valence-corrected chi connectivity index (χ2v) is 6.85. The van der Waals surface area contributed by atoms with E-state index in [-0.39, 0.29) is 0 Å². The zero-order valence-corrected chi connectivity index (χ0v) is 14.9. The van der Waals surface area contributed by atoms with Crippen LogP contribution in [0.25, 0.3) is 0 Å². The SMILES string of the molecule is CC(C)COc1ccc(C(C)(C)C(=O)NC(CC(F)F)C(=O)O)cc1. The fraction of sp³-hybridized carbons (Fsp3) is 0.556. The van der Waals surface area contributed by atoms with Crippen LogP contribution in [-0.2, 0) is 15.0 Å². The number of benzene rings is 1. The van der Waals surface area contributed by atoms with Gasteiger partial charge in [-0.25, -0.2) is 13.6 Å². The van der Waals surface area contributed by atoms with Crippen molar-refractivity contribution in [1.82, 2.24) is 5.32 Å². The summed E-state index contributed by atoms with van der Waals surface area (Å²) < 4.78 is 30.5. The van der Waals surface area contributed by atoms with Gasteiger partial charge in [0.2, 0.25) is 12.3 Å². The molecule has 0 aliphatic carbocycles. The molecule has 0 aromatic heterocycles. The lowest BCUT2D eigenvalue weighted by Crippen LogP contribution is -2.49. The van der Waals surface area contributed by atoms with Crippen LogP contribution in [0.1, 0.15) is 39.7 Å². The minimum absolute atomic E-state index is 0.379. The minimum atomic E-state index is -2.82. The molecule has 25 heavy (non-hydrogen) atoms. The summed E-state index contributed by atoms with van der Waals surface area (Å²) in [6, 6.07) is 5.23. The van der Waals surface area contributed by atoms with Crippen molar-refractivity contribution in [2.45, 2.75) is 52.0 Å². The number of rotatable bonds is 9.